The maximum absolute atomic E-state index is 9.78. The molecule has 6 heteroatoms. The summed E-state index contributed by atoms with van der Waals surface area (Å²) in [5.41, 5.74) is 4.54. The van der Waals surface area contributed by atoms with E-state index in [1.54, 1.807) is 0 Å². The number of hydrogen-bond donors (Lipinski definition) is 1. The predicted octanol–water partition coefficient (Wildman–Crippen LogP) is -0.970. The van der Waals surface area contributed by atoms with Crippen LogP contribution in [-0.4, -0.2) is 69.5 Å². The molecule has 0 saturated heterocycles. The molecule has 0 aromatic rings. The molecule has 0 fully saturated rings. The van der Waals surface area contributed by atoms with Crippen LogP contribution in [-0.2, 0) is 0 Å². The first-order chi connectivity index (χ1) is 3.18. The standard InChI is InChI=1S/C2H5N3O2.K.H/c1-5(4-7)2(3)6;;/h1H3,(H2,3,6);;. The van der Waals surface area contributed by atoms with Crippen molar-refractivity contribution in [2.45, 2.75) is 0 Å². The summed E-state index contributed by atoms with van der Waals surface area (Å²) in [7, 11) is 1.18. The van der Waals surface area contributed by atoms with Crippen LogP contribution in [0.4, 0.5) is 4.79 Å². The minimum atomic E-state index is -0.852. The number of nitrogens with two attached hydrogens (primary N) is 1. The van der Waals surface area contributed by atoms with Gasteiger partial charge in [0.1, 0.15) is 0 Å². The van der Waals surface area contributed by atoms with Crippen molar-refractivity contribution in [3.05, 3.63) is 4.91 Å². The van der Waals surface area contributed by atoms with E-state index < -0.39 is 6.03 Å². The topological polar surface area (TPSA) is 75.8 Å². The number of urea groups is 1. The molecule has 0 radical (unpaired) electrons. The minimum absolute atomic E-state index is 0. The number of amides is 2. The van der Waals surface area contributed by atoms with Crippen LogP contribution in [0.1, 0.15) is 0 Å². The van der Waals surface area contributed by atoms with Crippen molar-refractivity contribution in [1.29, 1.82) is 0 Å². The van der Waals surface area contributed by atoms with E-state index in [0.29, 0.717) is 5.01 Å². The summed E-state index contributed by atoms with van der Waals surface area (Å²) in [6, 6.07) is -0.852. The summed E-state index contributed by atoms with van der Waals surface area (Å²) in [5.74, 6) is 0. The summed E-state index contributed by atoms with van der Waals surface area (Å²) < 4.78 is 0. The molecule has 0 rings (SSSR count). The average molecular weight is 143 g/mol. The Morgan fingerprint density at radius 3 is 2.12 bits per heavy atom. The molecule has 0 aliphatic rings. The quantitative estimate of drug-likeness (QED) is 0.291. The fraction of sp³-hybridized carbons (Fsp3) is 0.500. The molecule has 0 heterocycles. The third-order valence-corrected chi connectivity index (χ3v) is 0.441. The van der Waals surface area contributed by atoms with Crippen LogP contribution in [0.5, 0.6) is 0 Å². The number of nitrogens with zero attached hydrogens (tertiary/aromatic N) is 2. The molecule has 0 aromatic heterocycles. The number of carbonyl (C=O) groups is 1. The Balaban J connectivity index is 0. The molecule has 5 nitrogen and oxygen atoms in total. The Hall–Kier alpha value is 0.506. The summed E-state index contributed by atoms with van der Waals surface area (Å²) >= 11 is 0. The maximum atomic E-state index is 9.78. The SMILES string of the molecule is CN(N=O)C(N)=O.[KH]. The zero-order valence-corrected chi connectivity index (χ0v) is 3.79. The van der Waals surface area contributed by atoms with Gasteiger partial charge in [-0.25, -0.2) is 4.79 Å². The van der Waals surface area contributed by atoms with Crippen molar-refractivity contribution in [2.24, 2.45) is 11.0 Å². The second-order valence-electron chi connectivity index (χ2n) is 0.943. The molecular weight excluding hydrogens is 137 g/mol. The van der Waals surface area contributed by atoms with Gasteiger partial charge in [-0.3, -0.25) is 0 Å². The number of rotatable bonds is 1. The van der Waals surface area contributed by atoms with E-state index in [2.05, 4.69) is 11.0 Å². The average Bonchev–Trinajstić information content (AvgIpc) is 1.65. The summed E-state index contributed by atoms with van der Waals surface area (Å²) in [4.78, 5) is 19.1. The molecule has 0 bridgehead atoms. The summed E-state index contributed by atoms with van der Waals surface area (Å²) in [6.07, 6.45) is 0. The first kappa shape index (κ1) is 11.3. The van der Waals surface area contributed by atoms with Crippen molar-refractivity contribution < 1.29 is 4.79 Å². The van der Waals surface area contributed by atoms with E-state index in [4.69, 9.17) is 0 Å². The van der Waals surface area contributed by atoms with Crippen LogP contribution in [0.3, 0.4) is 0 Å². The van der Waals surface area contributed by atoms with Crippen LogP contribution in [0, 0.1) is 4.91 Å². The van der Waals surface area contributed by atoms with Crippen molar-refractivity contribution in [2.75, 3.05) is 7.05 Å². The first-order valence-electron chi connectivity index (χ1n) is 1.55. The number of primary amides is 1. The van der Waals surface area contributed by atoms with Crippen LogP contribution in [0.25, 0.3) is 0 Å². The molecular formula is C2H6KN3O2. The van der Waals surface area contributed by atoms with Gasteiger partial charge in [0, 0.05) is 7.05 Å². The van der Waals surface area contributed by atoms with Crippen molar-refractivity contribution in [1.82, 2.24) is 5.01 Å². The second-order valence-corrected chi connectivity index (χ2v) is 0.943. The Bertz CT molecular complexity index is 95.3. The zero-order chi connectivity index (χ0) is 5.86. The van der Waals surface area contributed by atoms with Gasteiger partial charge in [-0.15, -0.1) is 4.91 Å². The van der Waals surface area contributed by atoms with Gasteiger partial charge in [-0.2, -0.15) is 5.01 Å². The molecule has 2 N–H and O–H groups in total. The van der Waals surface area contributed by atoms with Gasteiger partial charge < -0.3 is 5.73 Å². The normalized spacial score (nSPS) is 6.62. The molecule has 0 aromatic carbocycles. The zero-order valence-electron chi connectivity index (χ0n) is 3.79. The van der Waals surface area contributed by atoms with Gasteiger partial charge in [0.2, 0.25) is 0 Å². The monoisotopic (exact) mass is 143 g/mol. The van der Waals surface area contributed by atoms with Gasteiger partial charge in [0.25, 0.3) is 0 Å². The molecule has 0 spiro atoms. The van der Waals surface area contributed by atoms with E-state index in [1.165, 1.54) is 7.05 Å². The number of carbonyl (C=O) groups excluding carboxylic acids is 1. The number of nitroso groups, excluding NO2 is 1. The predicted molar refractivity (Wildman–Crippen MR) is 30.3 cm³/mol. The fourth-order valence-corrected chi connectivity index (χ4v) is 0.0402. The summed E-state index contributed by atoms with van der Waals surface area (Å²) in [6.45, 7) is 0. The fourth-order valence-electron chi connectivity index (χ4n) is 0.0402. The first-order valence-corrected chi connectivity index (χ1v) is 1.55. The van der Waals surface area contributed by atoms with E-state index in [9.17, 15) is 9.70 Å². The van der Waals surface area contributed by atoms with Gasteiger partial charge in [0.15, 0.2) is 0 Å². The summed E-state index contributed by atoms with van der Waals surface area (Å²) in [5, 5.41) is 2.70. The third-order valence-electron chi connectivity index (χ3n) is 0.441. The van der Waals surface area contributed by atoms with Gasteiger partial charge in [0.05, 0.1) is 5.29 Å². The van der Waals surface area contributed by atoms with Gasteiger partial charge in [-0.1, -0.05) is 0 Å². The molecule has 0 aliphatic heterocycles. The molecule has 2 amide bonds. The van der Waals surface area contributed by atoms with Crippen LogP contribution in [0.2, 0.25) is 0 Å². The van der Waals surface area contributed by atoms with Crippen molar-refractivity contribution in [3.63, 3.8) is 0 Å². The van der Waals surface area contributed by atoms with Crippen LogP contribution < -0.4 is 5.73 Å². The van der Waals surface area contributed by atoms with Crippen molar-refractivity contribution >= 4 is 57.4 Å². The Labute approximate surface area is 89.0 Å². The van der Waals surface area contributed by atoms with Gasteiger partial charge >= 0.3 is 57.4 Å². The molecule has 42 valence electrons. The van der Waals surface area contributed by atoms with Gasteiger partial charge in [-0.05, 0) is 0 Å². The third kappa shape index (κ3) is 4.66. The Morgan fingerprint density at radius 1 is 1.75 bits per heavy atom. The molecule has 0 unspecified atom stereocenters. The number of hydrogen-bond acceptors (Lipinski definition) is 3. The Kier molecular flexibility index (Phi) is 7.98. The molecule has 0 saturated carbocycles. The van der Waals surface area contributed by atoms with E-state index in [-0.39, 0.29) is 51.4 Å². The Morgan fingerprint density at radius 2 is 2.12 bits per heavy atom. The van der Waals surface area contributed by atoms with E-state index in [0.717, 1.165) is 0 Å². The van der Waals surface area contributed by atoms with Crippen LogP contribution >= 0.6 is 0 Å². The molecule has 0 aliphatic carbocycles. The van der Waals surface area contributed by atoms with E-state index >= 15 is 0 Å². The second kappa shape index (κ2) is 5.64. The van der Waals surface area contributed by atoms with Crippen molar-refractivity contribution in [3.8, 4) is 0 Å². The van der Waals surface area contributed by atoms with E-state index in [1.807, 2.05) is 0 Å². The molecule has 8 heavy (non-hydrogen) atoms. The van der Waals surface area contributed by atoms with Crippen LogP contribution in [0.15, 0.2) is 5.29 Å². The molecule has 0 atom stereocenters.